The number of nitrogens with zero attached hydrogens (tertiary/aromatic N) is 5. The fraction of sp³-hybridized carbons (Fsp3) is 0. The lowest BCUT2D eigenvalue weighted by atomic mass is 10.2. The van der Waals surface area contributed by atoms with Crippen LogP contribution in [0.15, 0.2) is 96.5 Å². The molecule has 158 valence electrons. The van der Waals surface area contributed by atoms with Crippen LogP contribution >= 0.6 is 0 Å². The molecule has 0 amide bonds. The number of sulfonamides is 1. The molecular formula is C22H16N6O3S. The summed E-state index contributed by atoms with van der Waals surface area (Å²) in [6.45, 7) is 0. The Bertz CT molecular complexity index is 1480. The van der Waals surface area contributed by atoms with Crippen LogP contribution in [0.1, 0.15) is 0 Å². The van der Waals surface area contributed by atoms with E-state index in [1.807, 2.05) is 12.1 Å². The number of fused-ring (bicyclic) bond motifs is 1. The average Bonchev–Trinajstić information content (AvgIpc) is 3.35. The largest absolute Gasteiger partial charge is 0.439 e. The summed E-state index contributed by atoms with van der Waals surface area (Å²) < 4.78 is 35.8. The van der Waals surface area contributed by atoms with Crippen LogP contribution in [0.3, 0.4) is 0 Å². The third kappa shape index (κ3) is 3.98. The second-order valence-corrected chi connectivity index (χ2v) is 8.38. The van der Waals surface area contributed by atoms with Gasteiger partial charge in [0.1, 0.15) is 17.0 Å². The number of pyridine rings is 1. The van der Waals surface area contributed by atoms with E-state index in [1.165, 1.54) is 12.4 Å². The monoisotopic (exact) mass is 444 g/mol. The zero-order valence-electron chi connectivity index (χ0n) is 16.5. The highest BCUT2D eigenvalue weighted by Crippen LogP contribution is 2.26. The highest BCUT2D eigenvalue weighted by molar-refractivity contribution is 7.93. The Kier molecular flexibility index (Phi) is 4.96. The van der Waals surface area contributed by atoms with Crippen LogP contribution in [0, 0.1) is 0 Å². The third-order valence-electron chi connectivity index (χ3n) is 4.58. The molecule has 1 N–H and O–H groups in total. The second-order valence-electron chi connectivity index (χ2n) is 6.73. The molecule has 3 heterocycles. The minimum Gasteiger partial charge on any atom is -0.439 e. The van der Waals surface area contributed by atoms with E-state index in [9.17, 15) is 8.42 Å². The van der Waals surface area contributed by atoms with Crippen molar-refractivity contribution in [2.45, 2.75) is 4.90 Å². The Morgan fingerprint density at radius 1 is 0.875 bits per heavy atom. The molecule has 5 aromatic rings. The molecule has 0 spiro atoms. The average molecular weight is 444 g/mol. The van der Waals surface area contributed by atoms with Crippen LogP contribution in [-0.4, -0.2) is 33.2 Å². The SMILES string of the molecule is O=S(=O)(Nc1ccc(Oc2cc(-n3cccn3)ncn2)cc1)c1cccc2cccnc12. The molecule has 0 saturated carbocycles. The molecule has 5 rings (SSSR count). The van der Waals surface area contributed by atoms with Crippen molar-refractivity contribution in [3.05, 3.63) is 91.6 Å². The summed E-state index contributed by atoms with van der Waals surface area (Å²) in [6.07, 6.45) is 6.36. The Labute approximate surface area is 183 Å². The highest BCUT2D eigenvalue weighted by atomic mass is 32.2. The van der Waals surface area contributed by atoms with Crippen LogP contribution < -0.4 is 9.46 Å². The van der Waals surface area contributed by atoms with E-state index in [2.05, 4.69) is 24.8 Å². The van der Waals surface area contributed by atoms with Crippen molar-refractivity contribution in [3.63, 3.8) is 0 Å². The molecular weight excluding hydrogens is 428 g/mol. The zero-order valence-corrected chi connectivity index (χ0v) is 17.3. The molecule has 32 heavy (non-hydrogen) atoms. The number of para-hydroxylation sites is 1. The first-order valence-corrected chi connectivity index (χ1v) is 11.0. The van der Waals surface area contributed by atoms with Crippen molar-refractivity contribution in [1.29, 1.82) is 0 Å². The number of benzene rings is 2. The number of anilines is 1. The molecule has 0 aliphatic rings. The number of rotatable bonds is 6. The van der Waals surface area contributed by atoms with Gasteiger partial charge in [0, 0.05) is 35.7 Å². The van der Waals surface area contributed by atoms with Gasteiger partial charge < -0.3 is 4.74 Å². The smallest absolute Gasteiger partial charge is 0.264 e. The first kappa shape index (κ1) is 19.6. The Morgan fingerprint density at radius 2 is 1.72 bits per heavy atom. The van der Waals surface area contributed by atoms with Gasteiger partial charge in [-0.3, -0.25) is 9.71 Å². The highest BCUT2D eigenvalue weighted by Gasteiger charge is 2.18. The van der Waals surface area contributed by atoms with Crippen LogP contribution in [0.2, 0.25) is 0 Å². The van der Waals surface area contributed by atoms with Gasteiger partial charge >= 0.3 is 0 Å². The van der Waals surface area contributed by atoms with Crippen molar-refractivity contribution in [2.75, 3.05) is 4.72 Å². The van der Waals surface area contributed by atoms with E-state index in [0.29, 0.717) is 28.7 Å². The quantitative estimate of drug-likeness (QED) is 0.424. The van der Waals surface area contributed by atoms with Gasteiger partial charge in [-0.05, 0) is 42.5 Å². The van der Waals surface area contributed by atoms with Gasteiger partial charge in [0.05, 0.1) is 5.52 Å². The summed E-state index contributed by atoms with van der Waals surface area (Å²) in [5, 5.41) is 4.87. The lowest BCUT2D eigenvalue weighted by molar-refractivity contribution is 0.460. The Hall–Kier alpha value is -4.31. The topological polar surface area (TPSA) is 112 Å². The second kappa shape index (κ2) is 8.08. The lowest BCUT2D eigenvalue weighted by Crippen LogP contribution is -2.13. The van der Waals surface area contributed by atoms with Crippen molar-refractivity contribution in [3.8, 4) is 17.4 Å². The van der Waals surface area contributed by atoms with Gasteiger partial charge in [-0.15, -0.1) is 0 Å². The fourth-order valence-electron chi connectivity index (χ4n) is 3.13. The number of ether oxygens (including phenoxy) is 1. The first-order valence-electron chi connectivity index (χ1n) is 9.55. The van der Waals surface area contributed by atoms with Crippen molar-refractivity contribution < 1.29 is 13.2 Å². The number of aromatic nitrogens is 5. The molecule has 0 atom stereocenters. The Balaban J connectivity index is 1.34. The van der Waals surface area contributed by atoms with E-state index in [1.54, 1.807) is 71.8 Å². The predicted octanol–water partition coefficient (Wildman–Crippen LogP) is 3.80. The van der Waals surface area contributed by atoms with Crippen LogP contribution in [0.25, 0.3) is 16.7 Å². The summed E-state index contributed by atoms with van der Waals surface area (Å²) in [6, 6.07) is 18.6. The van der Waals surface area contributed by atoms with Crippen LogP contribution in [0.4, 0.5) is 5.69 Å². The zero-order chi connectivity index (χ0) is 22.0. The summed E-state index contributed by atoms with van der Waals surface area (Å²) in [5.41, 5.74) is 0.810. The van der Waals surface area contributed by atoms with Crippen molar-refractivity contribution >= 4 is 26.6 Å². The summed E-state index contributed by atoms with van der Waals surface area (Å²) in [4.78, 5) is 12.6. The van der Waals surface area contributed by atoms with E-state index in [-0.39, 0.29) is 4.90 Å². The first-order chi connectivity index (χ1) is 15.6. The minimum absolute atomic E-state index is 0.114. The third-order valence-corrected chi connectivity index (χ3v) is 5.99. The predicted molar refractivity (Wildman–Crippen MR) is 118 cm³/mol. The van der Waals surface area contributed by atoms with E-state index in [0.717, 1.165) is 5.39 Å². The van der Waals surface area contributed by atoms with Gasteiger partial charge in [0.25, 0.3) is 10.0 Å². The maximum absolute atomic E-state index is 12.9. The molecule has 3 aromatic heterocycles. The van der Waals surface area contributed by atoms with Crippen LogP contribution in [-0.2, 0) is 10.0 Å². The van der Waals surface area contributed by atoms with Crippen LogP contribution in [0.5, 0.6) is 11.6 Å². The molecule has 9 nitrogen and oxygen atoms in total. The molecule has 0 bridgehead atoms. The van der Waals surface area contributed by atoms with Crippen molar-refractivity contribution in [2.24, 2.45) is 0 Å². The number of hydrogen-bond donors (Lipinski definition) is 1. The van der Waals surface area contributed by atoms with E-state index >= 15 is 0 Å². The Morgan fingerprint density at radius 3 is 2.53 bits per heavy atom. The van der Waals surface area contributed by atoms with Gasteiger partial charge in [-0.2, -0.15) is 5.10 Å². The summed E-state index contributed by atoms with van der Waals surface area (Å²) in [7, 11) is -3.83. The van der Waals surface area contributed by atoms with Crippen molar-refractivity contribution in [1.82, 2.24) is 24.7 Å². The summed E-state index contributed by atoms with van der Waals surface area (Å²) >= 11 is 0. The molecule has 0 saturated heterocycles. The normalized spacial score (nSPS) is 11.4. The fourth-order valence-corrected chi connectivity index (χ4v) is 4.37. The number of hydrogen-bond acceptors (Lipinski definition) is 7. The molecule has 0 fully saturated rings. The van der Waals surface area contributed by atoms with Gasteiger partial charge in [-0.1, -0.05) is 18.2 Å². The molecule has 0 aliphatic heterocycles. The summed E-state index contributed by atoms with van der Waals surface area (Å²) in [5.74, 6) is 1.39. The van der Waals surface area contributed by atoms with Gasteiger partial charge in [0.15, 0.2) is 5.82 Å². The van der Waals surface area contributed by atoms with E-state index in [4.69, 9.17) is 4.74 Å². The molecule has 2 aromatic carbocycles. The molecule has 0 unspecified atom stereocenters. The van der Waals surface area contributed by atoms with Gasteiger partial charge in [-0.25, -0.2) is 23.1 Å². The standard InChI is InChI=1S/C22H16N6O3S/c29-32(30,19-6-1-4-16-5-2-11-23-22(16)19)27-17-7-9-18(10-8-17)31-21-14-20(24-15-25-21)28-13-3-12-26-28/h1-15,27H. The van der Waals surface area contributed by atoms with Gasteiger partial charge in [0.2, 0.25) is 5.88 Å². The number of nitrogens with one attached hydrogen (secondary N) is 1. The minimum atomic E-state index is -3.83. The molecule has 0 radical (unpaired) electrons. The maximum atomic E-state index is 12.9. The maximum Gasteiger partial charge on any atom is 0.264 e. The van der Waals surface area contributed by atoms with E-state index < -0.39 is 10.0 Å². The molecule has 0 aliphatic carbocycles. The lowest BCUT2D eigenvalue weighted by Gasteiger charge is -2.11. The molecule has 10 heteroatoms.